The van der Waals surface area contributed by atoms with E-state index in [1.54, 1.807) is 42.5 Å². The van der Waals surface area contributed by atoms with Crippen LogP contribution in [0.1, 0.15) is 18.1 Å². The van der Waals surface area contributed by atoms with Crippen LogP contribution in [0.25, 0.3) is 6.08 Å². The van der Waals surface area contributed by atoms with Gasteiger partial charge in [0.25, 0.3) is 0 Å². The minimum absolute atomic E-state index is 0.279. The van der Waals surface area contributed by atoms with E-state index in [9.17, 15) is 4.79 Å². The van der Waals surface area contributed by atoms with Crippen molar-refractivity contribution in [2.75, 3.05) is 19.0 Å². The lowest BCUT2D eigenvalue weighted by Crippen LogP contribution is -2.07. The average molecular weight is 356 g/mol. The van der Waals surface area contributed by atoms with E-state index in [0.29, 0.717) is 34.4 Å². The molecule has 2 aromatic carbocycles. The lowest BCUT2D eigenvalue weighted by Gasteiger charge is -2.11. The quantitative estimate of drug-likeness (QED) is 0.618. The highest BCUT2D eigenvalue weighted by molar-refractivity contribution is 6.32. The molecule has 2 rings (SSSR count). The summed E-state index contributed by atoms with van der Waals surface area (Å²) in [6.07, 6.45) is 8.41. The van der Waals surface area contributed by atoms with Gasteiger partial charge in [0.1, 0.15) is 0 Å². The van der Waals surface area contributed by atoms with Gasteiger partial charge < -0.3 is 14.8 Å². The zero-order valence-corrected chi connectivity index (χ0v) is 14.8. The molecule has 0 radical (unpaired) electrons. The molecule has 0 unspecified atom stereocenters. The summed E-state index contributed by atoms with van der Waals surface area (Å²) in [5.41, 5.74) is 2.06. The van der Waals surface area contributed by atoms with Gasteiger partial charge in [-0.2, -0.15) is 0 Å². The van der Waals surface area contributed by atoms with Crippen molar-refractivity contribution in [3.63, 3.8) is 0 Å². The second-order valence-corrected chi connectivity index (χ2v) is 5.42. The average Bonchev–Trinajstić information content (AvgIpc) is 2.60. The van der Waals surface area contributed by atoms with Crippen LogP contribution < -0.4 is 14.8 Å². The first kappa shape index (κ1) is 18.4. The van der Waals surface area contributed by atoms with Gasteiger partial charge in [-0.15, -0.1) is 6.42 Å². The fourth-order valence-electron chi connectivity index (χ4n) is 2.19. The molecule has 0 aliphatic rings. The third-order valence-corrected chi connectivity index (χ3v) is 3.54. The van der Waals surface area contributed by atoms with Crippen molar-refractivity contribution < 1.29 is 14.3 Å². The number of terminal acetylenes is 1. The maximum atomic E-state index is 12.1. The number of amides is 1. The number of benzene rings is 2. The van der Waals surface area contributed by atoms with Crippen molar-refractivity contribution in [1.82, 2.24) is 0 Å². The van der Waals surface area contributed by atoms with Gasteiger partial charge in [0.15, 0.2) is 11.5 Å². The standard InChI is InChI=1S/C20H18ClNO3/c1-4-14-7-6-8-16(11-14)22-19(23)10-9-15-12-17(21)20(24-3)18(13-15)25-5-2/h1,6-13H,5H2,2-3H3,(H,22,23)/b10-9+. The Balaban J connectivity index is 2.15. The predicted octanol–water partition coefficient (Wildman–Crippen LogP) is 4.38. The topological polar surface area (TPSA) is 47.6 Å². The monoisotopic (exact) mass is 355 g/mol. The fourth-order valence-corrected chi connectivity index (χ4v) is 2.48. The number of hydrogen-bond acceptors (Lipinski definition) is 3. The predicted molar refractivity (Wildman–Crippen MR) is 101 cm³/mol. The third-order valence-electron chi connectivity index (χ3n) is 3.26. The molecule has 0 aliphatic heterocycles. The van der Waals surface area contributed by atoms with Gasteiger partial charge in [-0.1, -0.05) is 23.6 Å². The number of halogens is 1. The van der Waals surface area contributed by atoms with Crippen LogP contribution in [0.5, 0.6) is 11.5 Å². The minimum atomic E-state index is -0.279. The lowest BCUT2D eigenvalue weighted by molar-refractivity contribution is -0.111. The van der Waals surface area contributed by atoms with Crippen molar-refractivity contribution in [2.45, 2.75) is 6.92 Å². The number of nitrogens with one attached hydrogen (secondary N) is 1. The first-order chi connectivity index (χ1) is 12.1. The minimum Gasteiger partial charge on any atom is -0.491 e. The van der Waals surface area contributed by atoms with Crippen LogP contribution in [0, 0.1) is 12.3 Å². The molecule has 0 aromatic heterocycles. The Hall–Kier alpha value is -2.90. The maximum Gasteiger partial charge on any atom is 0.248 e. The van der Waals surface area contributed by atoms with E-state index in [1.807, 2.05) is 6.92 Å². The van der Waals surface area contributed by atoms with Crippen molar-refractivity contribution in [3.8, 4) is 23.8 Å². The van der Waals surface area contributed by atoms with Crippen LogP contribution in [0.2, 0.25) is 5.02 Å². The van der Waals surface area contributed by atoms with Gasteiger partial charge in [0.2, 0.25) is 5.91 Å². The molecule has 1 amide bonds. The summed E-state index contributed by atoms with van der Waals surface area (Å²) in [4.78, 5) is 12.1. The summed E-state index contributed by atoms with van der Waals surface area (Å²) in [5.74, 6) is 3.24. The highest BCUT2D eigenvalue weighted by Crippen LogP contribution is 2.36. The number of methoxy groups -OCH3 is 1. The largest absolute Gasteiger partial charge is 0.491 e. The molecule has 4 nitrogen and oxygen atoms in total. The number of ether oxygens (including phenoxy) is 2. The molecule has 0 fully saturated rings. The summed E-state index contributed by atoms with van der Waals surface area (Å²) in [6.45, 7) is 2.35. The summed E-state index contributed by atoms with van der Waals surface area (Å²) >= 11 is 6.19. The molecule has 0 saturated heterocycles. The second kappa shape index (κ2) is 8.81. The van der Waals surface area contributed by atoms with Gasteiger partial charge in [-0.25, -0.2) is 0 Å². The summed E-state index contributed by atoms with van der Waals surface area (Å²) < 4.78 is 10.7. The van der Waals surface area contributed by atoms with E-state index < -0.39 is 0 Å². The van der Waals surface area contributed by atoms with E-state index in [2.05, 4.69) is 11.2 Å². The Morgan fingerprint density at radius 2 is 2.16 bits per heavy atom. The Labute approximate surface area is 152 Å². The zero-order valence-electron chi connectivity index (χ0n) is 14.0. The third kappa shape index (κ3) is 5.03. The maximum absolute atomic E-state index is 12.1. The van der Waals surface area contributed by atoms with Crippen LogP contribution in [0.15, 0.2) is 42.5 Å². The van der Waals surface area contributed by atoms with Crippen molar-refractivity contribution in [3.05, 3.63) is 58.6 Å². The summed E-state index contributed by atoms with van der Waals surface area (Å²) in [5, 5.41) is 3.17. The Morgan fingerprint density at radius 1 is 1.36 bits per heavy atom. The van der Waals surface area contributed by atoms with Crippen molar-refractivity contribution in [2.24, 2.45) is 0 Å². The Morgan fingerprint density at radius 3 is 2.84 bits per heavy atom. The number of hydrogen-bond donors (Lipinski definition) is 1. The van der Waals surface area contributed by atoms with E-state index in [1.165, 1.54) is 13.2 Å². The molecule has 0 bridgehead atoms. The molecule has 0 spiro atoms. The van der Waals surface area contributed by atoms with E-state index in [-0.39, 0.29) is 5.91 Å². The van der Waals surface area contributed by atoms with E-state index >= 15 is 0 Å². The van der Waals surface area contributed by atoms with E-state index in [4.69, 9.17) is 27.5 Å². The van der Waals surface area contributed by atoms with Crippen molar-refractivity contribution in [1.29, 1.82) is 0 Å². The van der Waals surface area contributed by atoms with Gasteiger partial charge in [-0.05, 0) is 48.9 Å². The second-order valence-electron chi connectivity index (χ2n) is 5.01. The zero-order chi connectivity index (χ0) is 18.2. The molecule has 0 aliphatic carbocycles. The van der Waals surface area contributed by atoms with Crippen LogP contribution in [0.3, 0.4) is 0 Å². The van der Waals surface area contributed by atoms with Gasteiger partial charge in [0, 0.05) is 17.3 Å². The number of rotatable bonds is 6. The number of carbonyl (C=O) groups is 1. The van der Waals surface area contributed by atoms with Crippen molar-refractivity contribution >= 4 is 29.3 Å². The highest BCUT2D eigenvalue weighted by Gasteiger charge is 2.10. The first-order valence-electron chi connectivity index (χ1n) is 7.63. The van der Waals surface area contributed by atoms with Crippen LogP contribution >= 0.6 is 11.6 Å². The molecule has 5 heteroatoms. The van der Waals surface area contributed by atoms with Gasteiger partial charge in [-0.3, -0.25) is 4.79 Å². The molecule has 0 heterocycles. The highest BCUT2D eigenvalue weighted by atomic mass is 35.5. The molecular formula is C20H18ClNO3. The molecule has 25 heavy (non-hydrogen) atoms. The van der Waals surface area contributed by atoms with Crippen LogP contribution in [0.4, 0.5) is 5.69 Å². The lowest BCUT2D eigenvalue weighted by atomic mass is 10.1. The SMILES string of the molecule is C#Cc1cccc(NC(=O)/C=C/c2cc(Cl)c(OC)c(OCC)c2)c1. The summed E-state index contributed by atoms with van der Waals surface area (Å²) in [6, 6.07) is 10.5. The van der Waals surface area contributed by atoms with Crippen LogP contribution in [-0.4, -0.2) is 19.6 Å². The molecular weight excluding hydrogens is 338 g/mol. The normalized spacial score (nSPS) is 10.3. The number of anilines is 1. The van der Waals surface area contributed by atoms with Gasteiger partial charge in [0.05, 0.1) is 18.7 Å². The Kier molecular flexibility index (Phi) is 6.50. The molecule has 0 saturated carbocycles. The molecule has 128 valence electrons. The fraction of sp³-hybridized carbons (Fsp3) is 0.150. The number of carbonyl (C=O) groups excluding carboxylic acids is 1. The van der Waals surface area contributed by atoms with E-state index in [0.717, 1.165) is 5.56 Å². The smallest absolute Gasteiger partial charge is 0.248 e. The summed E-state index contributed by atoms with van der Waals surface area (Å²) in [7, 11) is 1.52. The molecule has 1 N–H and O–H groups in total. The molecule has 0 atom stereocenters. The Bertz CT molecular complexity index is 837. The first-order valence-corrected chi connectivity index (χ1v) is 8.01. The van der Waals surface area contributed by atoms with Crippen LogP contribution in [-0.2, 0) is 4.79 Å². The molecule has 2 aromatic rings. The van der Waals surface area contributed by atoms with Gasteiger partial charge >= 0.3 is 0 Å².